The van der Waals surface area contributed by atoms with Crippen molar-refractivity contribution in [3.05, 3.63) is 24.2 Å². The molecular weight excluding hydrogens is 256 g/mol. The summed E-state index contributed by atoms with van der Waals surface area (Å²) in [6.07, 6.45) is 3.35. The van der Waals surface area contributed by atoms with Crippen molar-refractivity contribution in [3.8, 4) is 0 Å². The second kappa shape index (κ2) is 6.23. The molecule has 2 aromatic heterocycles. The van der Waals surface area contributed by atoms with Crippen molar-refractivity contribution < 1.29 is 4.42 Å². The Hall–Kier alpha value is -2.31. The molecule has 7 nitrogen and oxygen atoms in total. The van der Waals surface area contributed by atoms with E-state index in [4.69, 9.17) is 10.2 Å². The zero-order valence-corrected chi connectivity index (χ0v) is 12.1. The minimum absolute atomic E-state index is 0.232. The van der Waals surface area contributed by atoms with Crippen molar-refractivity contribution in [2.75, 3.05) is 35.7 Å². The lowest BCUT2D eigenvalue weighted by Crippen LogP contribution is -2.27. The van der Waals surface area contributed by atoms with Gasteiger partial charge in [-0.1, -0.05) is 0 Å². The molecule has 0 aliphatic carbocycles. The lowest BCUT2D eigenvalue weighted by atomic mass is 10.3. The fourth-order valence-corrected chi connectivity index (χ4v) is 1.92. The Morgan fingerprint density at radius 2 is 1.85 bits per heavy atom. The molecule has 7 heteroatoms. The predicted octanol–water partition coefficient (Wildman–Crippen LogP) is 1.53. The van der Waals surface area contributed by atoms with Crippen molar-refractivity contribution in [2.24, 2.45) is 0 Å². The van der Waals surface area contributed by atoms with Crippen molar-refractivity contribution in [2.45, 2.75) is 20.4 Å². The topological polar surface area (TPSA) is 84.3 Å². The van der Waals surface area contributed by atoms with Crippen LogP contribution in [0.5, 0.6) is 0 Å². The summed E-state index contributed by atoms with van der Waals surface area (Å²) in [4.78, 5) is 16.8. The summed E-state index contributed by atoms with van der Waals surface area (Å²) in [7, 11) is 1.91. The monoisotopic (exact) mass is 276 g/mol. The summed E-state index contributed by atoms with van der Waals surface area (Å²) in [6, 6.07) is 1.91. The highest BCUT2D eigenvalue weighted by atomic mass is 16.3. The molecule has 0 spiro atoms. The normalized spacial score (nSPS) is 10.6. The van der Waals surface area contributed by atoms with E-state index < -0.39 is 0 Å². The summed E-state index contributed by atoms with van der Waals surface area (Å²) >= 11 is 0. The summed E-state index contributed by atoms with van der Waals surface area (Å²) in [5.41, 5.74) is 6.84. The molecule has 2 N–H and O–H groups in total. The van der Waals surface area contributed by atoms with E-state index >= 15 is 0 Å². The fraction of sp³-hybridized carbons (Fsp3) is 0.462. The van der Waals surface area contributed by atoms with Gasteiger partial charge in [0.1, 0.15) is 0 Å². The van der Waals surface area contributed by atoms with Crippen LogP contribution in [0.2, 0.25) is 0 Å². The predicted molar refractivity (Wildman–Crippen MR) is 78.6 cm³/mol. The molecule has 2 heterocycles. The van der Waals surface area contributed by atoms with E-state index in [2.05, 4.69) is 28.8 Å². The van der Waals surface area contributed by atoms with Gasteiger partial charge in [-0.25, -0.2) is 0 Å². The van der Waals surface area contributed by atoms with Crippen LogP contribution in [0, 0.1) is 0 Å². The van der Waals surface area contributed by atoms with E-state index in [-0.39, 0.29) is 5.95 Å². The third-order valence-electron chi connectivity index (χ3n) is 3.02. The van der Waals surface area contributed by atoms with Crippen molar-refractivity contribution in [3.63, 3.8) is 0 Å². The summed E-state index contributed by atoms with van der Waals surface area (Å²) in [5.74, 6) is 1.40. The largest absolute Gasteiger partial charge is 0.472 e. The molecule has 0 saturated carbocycles. The van der Waals surface area contributed by atoms with Crippen LogP contribution < -0.4 is 15.5 Å². The molecule has 0 saturated heterocycles. The summed E-state index contributed by atoms with van der Waals surface area (Å²) in [6.45, 7) is 6.41. The second-order valence-corrected chi connectivity index (χ2v) is 4.45. The Morgan fingerprint density at radius 3 is 2.45 bits per heavy atom. The zero-order valence-electron chi connectivity index (χ0n) is 12.1. The van der Waals surface area contributed by atoms with Gasteiger partial charge in [0, 0.05) is 32.2 Å². The number of nitrogens with zero attached hydrogens (tertiary/aromatic N) is 5. The third kappa shape index (κ3) is 3.17. The maximum atomic E-state index is 5.78. The molecule has 0 aromatic carbocycles. The van der Waals surface area contributed by atoms with E-state index in [1.54, 1.807) is 12.5 Å². The molecule has 20 heavy (non-hydrogen) atoms. The molecule has 0 bridgehead atoms. The molecule has 2 aromatic rings. The second-order valence-electron chi connectivity index (χ2n) is 4.45. The molecule has 0 fully saturated rings. The Morgan fingerprint density at radius 1 is 1.15 bits per heavy atom. The molecule has 0 aliphatic rings. The molecule has 0 amide bonds. The van der Waals surface area contributed by atoms with Gasteiger partial charge in [-0.15, -0.1) is 0 Å². The SMILES string of the molecule is CCN(CC)c1nc(N)nc(N(C)Cc2ccoc2)n1. The molecule has 0 radical (unpaired) electrons. The number of nitrogen functional groups attached to an aromatic ring is 1. The van der Waals surface area contributed by atoms with Crippen molar-refractivity contribution in [1.29, 1.82) is 0 Å². The minimum atomic E-state index is 0.232. The maximum absolute atomic E-state index is 5.78. The number of rotatable bonds is 6. The highest BCUT2D eigenvalue weighted by Gasteiger charge is 2.13. The van der Waals surface area contributed by atoms with Crippen LogP contribution in [0.4, 0.5) is 17.8 Å². The highest BCUT2D eigenvalue weighted by molar-refractivity contribution is 5.43. The van der Waals surface area contributed by atoms with Crippen molar-refractivity contribution >= 4 is 17.8 Å². The van der Waals surface area contributed by atoms with Gasteiger partial charge in [-0.05, 0) is 19.9 Å². The quantitative estimate of drug-likeness (QED) is 0.856. The Labute approximate surface area is 118 Å². The van der Waals surface area contributed by atoms with Crippen LogP contribution in [-0.2, 0) is 6.54 Å². The average molecular weight is 276 g/mol. The summed E-state index contributed by atoms with van der Waals surface area (Å²) in [5, 5.41) is 0. The van der Waals surface area contributed by atoms with E-state index in [1.165, 1.54) is 0 Å². The lowest BCUT2D eigenvalue weighted by Gasteiger charge is -2.21. The van der Waals surface area contributed by atoms with Gasteiger partial charge in [0.15, 0.2) is 0 Å². The van der Waals surface area contributed by atoms with E-state index in [9.17, 15) is 0 Å². The van der Waals surface area contributed by atoms with Crippen LogP contribution in [0.1, 0.15) is 19.4 Å². The first kappa shape index (κ1) is 14.1. The Balaban J connectivity index is 2.22. The van der Waals surface area contributed by atoms with Gasteiger partial charge in [0.25, 0.3) is 0 Å². The van der Waals surface area contributed by atoms with Gasteiger partial charge in [-0.3, -0.25) is 0 Å². The van der Waals surface area contributed by atoms with Gasteiger partial charge in [0.2, 0.25) is 17.8 Å². The van der Waals surface area contributed by atoms with Crippen LogP contribution in [0.15, 0.2) is 23.0 Å². The van der Waals surface area contributed by atoms with Crippen LogP contribution in [0.25, 0.3) is 0 Å². The van der Waals surface area contributed by atoms with Gasteiger partial charge in [0.05, 0.1) is 12.5 Å². The minimum Gasteiger partial charge on any atom is -0.472 e. The van der Waals surface area contributed by atoms with Crippen molar-refractivity contribution in [1.82, 2.24) is 15.0 Å². The van der Waals surface area contributed by atoms with Crippen LogP contribution >= 0.6 is 0 Å². The van der Waals surface area contributed by atoms with E-state index in [0.29, 0.717) is 18.4 Å². The maximum Gasteiger partial charge on any atom is 0.231 e. The molecule has 0 atom stereocenters. The van der Waals surface area contributed by atoms with E-state index in [1.807, 2.05) is 22.9 Å². The number of hydrogen-bond acceptors (Lipinski definition) is 7. The highest BCUT2D eigenvalue weighted by Crippen LogP contribution is 2.16. The smallest absolute Gasteiger partial charge is 0.231 e. The van der Waals surface area contributed by atoms with Crippen LogP contribution in [0.3, 0.4) is 0 Å². The number of nitrogens with two attached hydrogens (primary N) is 1. The number of hydrogen-bond donors (Lipinski definition) is 1. The standard InChI is InChI=1S/C13H20N6O/c1-4-19(5-2)13-16-11(14)15-12(17-13)18(3)8-10-6-7-20-9-10/h6-7,9H,4-5,8H2,1-3H3,(H2,14,15,16,17). The average Bonchev–Trinajstić information content (AvgIpc) is 2.92. The number of anilines is 3. The zero-order chi connectivity index (χ0) is 14.5. The first-order chi connectivity index (χ1) is 9.63. The Bertz CT molecular complexity index is 538. The first-order valence-electron chi connectivity index (χ1n) is 6.62. The summed E-state index contributed by atoms with van der Waals surface area (Å²) < 4.78 is 5.06. The van der Waals surface area contributed by atoms with Gasteiger partial charge < -0.3 is 20.0 Å². The molecular formula is C13H20N6O. The first-order valence-corrected chi connectivity index (χ1v) is 6.62. The molecule has 0 unspecified atom stereocenters. The van der Waals surface area contributed by atoms with Gasteiger partial charge >= 0.3 is 0 Å². The fourth-order valence-electron chi connectivity index (χ4n) is 1.92. The number of aromatic nitrogens is 3. The number of furan rings is 1. The molecule has 0 aliphatic heterocycles. The van der Waals surface area contributed by atoms with Crippen LogP contribution in [-0.4, -0.2) is 35.1 Å². The lowest BCUT2D eigenvalue weighted by molar-refractivity contribution is 0.563. The van der Waals surface area contributed by atoms with E-state index in [0.717, 1.165) is 18.7 Å². The molecule has 108 valence electrons. The van der Waals surface area contributed by atoms with Gasteiger partial charge in [-0.2, -0.15) is 15.0 Å². The third-order valence-corrected chi connectivity index (χ3v) is 3.02. The molecule has 2 rings (SSSR count). The Kier molecular flexibility index (Phi) is 4.39.